The molecule has 49 heavy (non-hydrogen) atoms. The Bertz CT molecular complexity index is 1270. The molecular formula is C37H59N5O7. The fourth-order valence-electron chi connectivity index (χ4n) is 7.85. The summed E-state index contributed by atoms with van der Waals surface area (Å²) in [4.78, 5) is 95.8. The number of amides is 5. The third-order valence-electron chi connectivity index (χ3n) is 10.8. The molecule has 0 aromatic rings. The van der Waals surface area contributed by atoms with Gasteiger partial charge in [0.15, 0.2) is 0 Å². The lowest BCUT2D eigenvalue weighted by molar-refractivity contribution is -0.148. The summed E-state index contributed by atoms with van der Waals surface area (Å²) in [7, 11) is 0. The number of ketones is 2. The Labute approximate surface area is 291 Å². The molecule has 0 bridgehead atoms. The zero-order valence-corrected chi connectivity index (χ0v) is 30.4. The molecule has 1 heterocycles. The first-order chi connectivity index (χ1) is 23.1. The van der Waals surface area contributed by atoms with E-state index in [0.29, 0.717) is 19.3 Å². The Hall–Kier alpha value is -3.31. The molecule has 12 nitrogen and oxygen atoms in total. The van der Waals surface area contributed by atoms with Crippen LogP contribution in [0.1, 0.15) is 131 Å². The number of hydrogen-bond acceptors (Lipinski definition) is 7. The van der Waals surface area contributed by atoms with Crippen molar-refractivity contribution in [1.29, 1.82) is 0 Å². The Morgan fingerprint density at radius 1 is 0.755 bits per heavy atom. The molecule has 0 spiro atoms. The Morgan fingerprint density at radius 2 is 1.39 bits per heavy atom. The predicted octanol–water partition coefficient (Wildman–Crippen LogP) is 3.10. The van der Waals surface area contributed by atoms with Gasteiger partial charge in [-0.3, -0.25) is 33.6 Å². The van der Waals surface area contributed by atoms with Crippen LogP contribution < -0.4 is 21.3 Å². The number of hydrogen-bond donors (Lipinski definition) is 4. The molecule has 0 aromatic carbocycles. The van der Waals surface area contributed by atoms with Gasteiger partial charge in [0.25, 0.3) is 11.8 Å². The van der Waals surface area contributed by atoms with Crippen molar-refractivity contribution in [2.75, 3.05) is 0 Å². The van der Waals surface area contributed by atoms with Gasteiger partial charge < -0.3 is 26.2 Å². The zero-order valence-electron chi connectivity index (χ0n) is 30.4. The van der Waals surface area contributed by atoms with Crippen molar-refractivity contribution in [3.8, 4) is 0 Å². The number of likely N-dealkylation sites (tertiary alicyclic amines) is 1. The molecule has 4 rings (SSSR count). The summed E-state index contributed by atoms with van der Waals surface area (Å²) in [6.07, 6.45) is 10.7. The maximum Gasteiger partial charge on any atom is 0.289 e. The molecule has 0 radical (unpaired) electrons. The standard InChI is InChI=1S/C37H59N5O7/c1-7-13-25(30(44)35(48)38-24-18-19-24)39-32(45)27-20-23-16-11-12-17-26(23)42(27)36(49)31(37(4,5)6)41-33(46)28(22-14-9-8-10-15-22)40-34(47)29(43)21(2)3/h21-28,31H,7-20H2,1-6H3,(H,38,48)(H,39,45)(H,40,47)(H,41,46)/t23-,25-,26-,27-,28-,31+/m0/s1. The lowest BCUT2D eigenvalue weighted by atomic mass is 9.81. The summed E-state index contributed by atoms with van der Waals surface area (Å²) in [5.74, 6) is -4.74. The van der Waals surface area contributed by atoms with Gasteiger partial charge in [-0.25, -0.2) is 0 Å². The summed E-state index contributed by atoms with van der Waals surface area (Å²) in [6.45, 7) is 10.7. The third kappa shape index (κ3) is 9.69. The topological polar surface area (TPSA) is 171 Å². The average molecular weight is 686 g/mol. The van der Waals surface area contributed by atoms with E-state index in [9.17, 15) is 33.6 Å². The number of nitrogens with zero attached hydrogens (tertiary/aromatic N) is 1. The minimum absolute atomic E-state index is 0.00626. The first kappa shape index (κ1) is 38.5. The lowest BCUT2D eigenvalue weighted by Gasteiger charge is -2.40. The smallest absolute Gasteiger partial charge is 0.289 e. The van der Waals surface area contributed by atoms with Gasteiger partial charge in [-0.15, -0.1) is 0 Å². The van der Waals surface area contributed by atoms with Crippen molar-refractivity contribution >= 4 is 41.1 Å². The first-order valence-corrected chi connectivity index (χ1v) is 18.8. The first-order valence-electron chi connectivity index (χ1n) is 18.8. The summed E-state index contributed by atoms with van der Waals surface area (Å²) >= 11 is 0. The summed E-state index contributed by atoms with van der Waals surface area (Å²) < 4.78 is 0. The zero-order chi connectivity index (χ0) is 36.0. The van der Waals surface area contributed by atoms with Crippen LogP contribution in [-0.4, -0.2) is 82.3 Å². The molecule has 274 valence electrons. The van der Waals surface area contributed by atoms with Crippen LogP contribution in [0.2, 0.25) is 0 Å². The molecule has 4 fully saturated rings. The number of carbonyl (C=O) groups excluding carboxylic acids is 7. The van der Waals surface area contributed by atoms with Crippen LogP contribution in [0.4, 0.5) is 0 Å². The fraction of sp³-hybridized carbons (Fsp3) is 0.811. The normalized spacial score (nSPS) is 24.6. The summed E-state index contributed by atoms with van der Waals surface area (Å²) in [5, 5.41) is 11.3. The maximum absolute atomic E-state index is 14.8. The van der Waals surface area contributed by atoms with Crippen LogP contribution >= 0.6 is 0 Å². The molecule has 3 saturated carbocycles. The SMILES string of the molecule is CCC[C@H](NC(=O)[C@@H]1C[C@@H]2CCCC[C@@H]2N1C(=O)[C@@H](NC(=O)[C@@H](NC(=O)C(=O)C(C)C)C1CCCCC1)C(C)(C)C)C(=O)C(=O)NC1CC1. The van der Waals surface area contributed by atoms with Gasteiger partial charge in [0.05, 0.1) is 6.04 Å². The number of fused-ring (bicyclic) bond motifs is 1. The van der Waals surface area contributed by atoms with Gasteiger partial charge >= 0.3 is 0 Å². The number of rotatable bonds is 14. The largest absolute Gasteiger partial charge is 0.347 e. The molecule has 5 amide bonds. The van der Waals surface area contributed by atoms with Crippen molar-refractivity contribution in [2.24, 2.45) is 23.2 Å². The van der Waals surface area contributed by atoms with Crippen LogP contribution in [0.3, 0.4) is 0 Å². The van der Waals surface area contributed by atoms with E-state index in [1.165, 1.54) is 0 Å². The van der Waals surface area contributed by atoms with Gasteiger partial charge in [0, 0.05) is 18.0 Å². The quantitative estimate of drug-likeness (QED) is 0.204. The Kier molecular flexibility index (Phi) is 13.0. The summed E-state index contributed by atoms with van der Waals surface area (Å²) in [6, 6.07) is -4.06. The minimum atomic E-state index is -1.03. The Morgan fingerprint density at radius 3 is 1.98 bits per heavy atom. The number of carbonyl (C=O) groups is 7. The van der Waals surface area contributed by atoms with Gasteiger partial charge in [0.2, 0.25) is 29.3 Å². The highest BCUT2D eigenvalue weighted by molar-refractivity contribution is 6.38. The fourth-order valence-corrected chi connectivity index (χ4v) is 7.85. The van der Waals surface area contributed by atoms with E-state index < -0.39 is 70.7 Å². The van der Waals surface area contributed by atoms with Crippen LogP contribution in [-0.2, 0) is 33.6 Å². The molecule has 4 aliphatic rings. The number of Topliss-reactive ketones (excluding diaryl/α,β-unsaturated/α-hetero) is 2. The molecule has 1 saturated heterocycles. The third-order valence-corrected chi connectivity index (χ3v) is 10.8. The van der Waals surface area contributed by atoms with Crippen LogP contribution in [0.15, 0.2) is 0 Å². The average Bonchev–Trinajstić information content (AvgIpc) is 3.79. The summed E-state index contributed by atoms with van der Waals surface area (Å²) in [5.41, 5.74) is -0.767. The van der Waals surface area contributed by atoms with Gasteiger partial charge in [-0.1, -0.05) is 80.1 Å². The van der Waals surface area contributed by atoms with E-state index in [-0.39, 0.29) is 29.8 Å². The second-order valence-corrected chi connectivity index (χ2v) is 16.2. The Balaban J connectivity index is 1.58. The second kappa shape index (κ2) is 16.6. The van der Waals surface area contributed by atoms with E-state index in [0.717, 1.165) is 70.6 Å². The molecule has 1 aliphatic heterocycles. The van der Waals surface area contributed by atoms with Crippen molar-refractivity contribution < 1.29 is 33.6 Å². The van der Waals surface area contributed by atoms with E-state index in [1.807, 2.05) is 27.7 Å². The highest BCUT2D eigenvalue weighted by Crippen LogP contribution is 2.41. The minimum Gasteiger partial charge on any atom is -0.347 e. The van der Waals surface area contributed by atoms with Crippen LogP contribution in [0, 0.1) is 23.2 Å². The van der Waals surface area contributed by atoms with E-state index >= 15 is 0 Å². The van der Waals surface area contributed by atoms with Crippen molar-refractivity contribution in [2.45, 2.75) is 168 Å². The van der Waals surface area contributed by atoms with Crippen molar-refractivity contribution in [1.82, 2.24) is 26.2 Å². The highest BCUT2D eigenvalue weighted by Gasteiger charge is 2.51. The van der Waals surface area contributed by atoms with Crippen LogP contribution in [0.25, 0.3) is 0 Å². The molecule has 12 heteroatoms. The van der Waals surface area contributed by atoms with Crippen molar-refractivity contribution in [3.05, 3.63) is 0 Å². The predicted molar refractivity (Wildman–Crippen MR) is 184 cm³/mol. The monoisotopic (exact) mass is 685 g/mol. The molecule has 0 aromatic heterocycles. The maximum atomic E-state index is 14.8. The highest BCUT2D eigenvalue weighted by atomic mass is 16.2. The molecule has 3 aliphatic carbocycles. The van der Waals surface area contributed by atoms with Crippen molar-refractivity contribution in [3.63, 3.8) is 0 Å². The van der Waals surface area contributed by atoms with Crippen LogP contribution in [0.5, 0.6) is 0 Å². The molecular weight excluding hydrogens is 626 g/mol. The lowest BCUT2D eigenvalue weighted by Crippen LogP contribution is -2.63. The van der Waals surface area contributed by atoms with E-state index in [4.69, 9.17) is 0 Å². The van der Waals surface area contributed by atoms with Gasteiger partial charge in [0.1, 0.15) is 18.1 Å². The molecule has 6 atom stereocenters. The second-order valence-electron chi connectivity index (χ2n) is 16.2. The number of nitrogens with one attached hydrogen (secondary N) is 4. The molecule has 4 N–H and O–H groups in total. The molecule has 0 unspecified atom stereocenters. The van der Waals surface area contributed by atoms with E-state index in [2.05, 4.69) is 21.3 Å². The van der Waals surface area contributed by atoms with E-state index in [1.54, 1.807) is 18.7 Å². The van der Waals surface area contributed by atoms with Gasteiger partial charge in [-0.05, 0) is 68.6 Å². The van der Waals surface area contributed by atoms with Gasteiger partial charge in [-0.2, -0.15) is 0 Å².